The topological polar surface area (TPSA) is 32.9 Å². The molecule has 0 fully saturated rings. The molecule has 0 aliphatic rings. The number of H-pyrrole nitrogens is 1. The summed E-state index contributed by atoms with van der Waals surface area (Å²) in [4.78, 5) is 14.2. The van der Waals surface area contributed by atoms with E-state index in [-0.39, 0.29) is 27.7 Å². The molecule has 0 radical (unpaired) electrons. The van der Waals surface area contributed by atoms with Crippen LogP contribution in [0.25, 0.3) is 22.2 Å². The number of carbonyl (C=O) groups excluding carboxylic acids is 1. The van der Waals surface area contributed by atoms with Crippen molar-refractivity contribution in [2.75, 3.05) is 0 Å². The highest BCUT2D eigenvalue weighted by atomic mass is 19.4. The predicted octanol–water partition coefficient (Wildman–Crippen LogP) is 5.69. The quantitative estimate of drug-likeness (QED) is 0.464. The molecule has 0 atom stereocenters. The van der Waals surface area contributed by atoms with E-state index in [4.69, 9.17) is 0 Å². The van der Waals surface area contributed by atoms with Gasteiger partial charge in [0.05, 0.1) is 16.8 Å². The van der Waals surface area contributed by atoms with Crippen LogP contribution in [0.5, 0.6) is 0 Å². The summed E-state index contributed by atoms with van der Waals surface area (Å²) in [5, 5.41) is 0.0553. The molecule has 0 aliphatic carbocycles. The number of benzene rings is 2. The van der Waals surface area contributed by atoms with Crippen LogP contribution in [-0.4, -0.2) is 11.3 Å². The van der Waals surface area contributed by atoms with Crippen LogP contribution < -0.4 is 0 Å². The molecule has 1 heterocycles. The van der Waals surface area contributed by atoms with E-state index in [9.17, 15) is 31.1 Å². The smallest absolute Gasteiger partial charge is 0.354 e. The molecule has 0 amide bonds. The fraction of sp³-hybridized carbons (Fsp3) is 0.118. The first kappa shape index (κ1) is 17.1. The molecule has 0 saturated carbocycles. The summed E-state index contributed by atoms with van der Waals surface area (Å²) in [5.74, 6) is 0. The Hall–Kier alpha value is -2.77. The van der Waals surface area contributed by atoms with Crippen molar-refractivity contribution in [2.45, 2.75) is 12.4 Å². The van der Waals surface area contributed by atoms with Crippen molar-refractivity contribution in [3.8, 4) is 11.3 Å². The lowest BCUT2D eigenvalue weighted by atomic mass is 10.0. The van der Waals surface area contributed by atoms with E-state index in [0.717, 1.165) is 36.4 Å². The maximum Gasteiger partial charge on any atom is 0.416 e. The van der Waals surface area contributed by atoms with Crippen LogP contribution in [0.3, 0.4) is 0 Å². The summed E-state index contributed by atoms with van der Waals surface area (Å²) in [5.41, 5.74) is -1.11. The second-order valence-electron chi connectivity index (χ2n) is 5.36. The number of aromatic nitrogens is 1. The van der Waals surface area contributed by atoms with Crippen molar-refractivity contribution in [3.63, 3.8) is 0 Å². The lowest BCUT2D eigenvalue weighted by Crippen LogP contribution is -2.04. The number of halogens is 6. The summed E-state index contributed by atoms with van der Waals surface area (Å²) < 4.78 is 76.4. The molecular weight excluding hydrogens is 348 g/mol. The first-order valence-corrected chi connectivity index (χ1v) is 6.97. The van der Waals surface area contributed by atoms with Crippen molar-refractivity contribution in [1.29, 1.82) is 0 Å². The van der Waals surface area contributed by atoms with E-state index >= 15 is 0 Å². The molecule has 1 N–H and O–H groups in total. The van der Waals surface area contributed by atoms with Gasteiger partial charge in [-0.2, -0.15) is 26.3 Å². The van der Waals surface area contributed by atoms with Crippen molar-refractivity contribution < 1.29 is 31.1 Å². The van der Waals surface area contributed by atoms with Gasteiger partial charge >= 0.3 is 12.4 Å². The average Bonchev–Trinajstić information content (AvgIpc) is 2.91. The van der Waals surface area contributed by atoms with Gasteiger partial charge in [0.2, 0.25) is 0 Å². The van der Waals surface area contributed by atoms with Crippen molar-refractivity contribution in [3.05, 3.63) is 59.2 Å². The van der Waals surface area contributed by atoms with Gasteiger partial charge in [0, 0.05) is 16.5 Å². The standard InChI is InChI=1S/C17H9F6NO/c18-16(19,20)10-3-1-9(2-4-10)15-13(8-25)12-7-11(17(21,22)23)5-6-14(12)24-15/h1-8,24H. The SMILES string of the molecule is O=Cc1c(-c2ccc(C(F)(F)F)cc2)[nH]c2ccc(C(F)(F)F)cc12. The Morgan fingerprint density at radius 2 is 1.36 bits per heavy atom. The molecule has 0 aliphatic heterocycles. The van der Waals surface area contributed by atoms with Gasteiger partial charge in [-0.3, -0.25) is 4.79 Å². The summed E-state index contributed by atoms with van der Waals surface area (Å²) in [6, 6.07) is 6.88. The molecule has 130 valence electrons. The Morgan fingerprint density at radius 3 is 1.88 bits per heavy atom. The van der Waals surface area contributed by atoms with Crippen LogP contribution >= 0.6 is 0 Å². The Balaban J connectivity index is 2.15. The molecule has 25 heavy (non-hydrogen) atoms. The molecule has 0 unspecified atom stereocenters. The Kier molecular flexibility index (Phi) is 3.85. The minimum absolute atomic E-state index is 0.0409. The van der Waals surface area contributed by atoms with E-state index in [0.29, 0.717) is 6.29 Å². The minimum atomic E-state index is -4.57. The highest BCUT2D eigenvalue weighted by Gasteiger charge is 2.32. The van der Waals surface area contributed by atoms with Crippen molar-refractivity contribution in [2.24, 2.45) is 0 Å². The zero-order valence-corrected chi connectivity index (χ0v) is 12.3. The molecule has 0 bridgehead atoms. The fourth-order valence-corrected chi connectivity index (χ4v) is 2.57. The largest absolute Gasteiger partial charge is 0.416 e. The highest BCUT2D eigenvalue weighted by Crippen LogP contribution is 2.36. The maximum absolute atomic E-state index is 12.8. The Labute approximate surface area is 137 Å². The molecule has 3 aromatic rings. The van der Waals surface area contributed by atoms with Crippen LogP contribution in [0.4, 0.5) is 26.3 Å². The van der Waals surface area contributed by atoms with Gasteiger partial charge in [0.25, 0.3) is 0 Å². The number of rotatable bonds is 2. The minimum Gasteiger partial charge on any atom is -0.354 e. The number of carbonyl (C=O) groups is 1. The highest BCUT2D eigenvalue weighted by molar-refractivity contribution is 6.04. The summed E-state index contributed by atoms with van der Waals surface area (Å²) in [6.45, 7) is 0. The lowest BCUT2D eigenvalue weighted by molar-refractivity contribution is -0.138. The predicted molar refractivity (Wildman–Crippen MR) is 79.1 cm³/mol. The molecule has 2 aromatic carbocycles. The van der Waals surface area contributed by atoms with Crippen molar-refractivity contribution in [1.82, 2.24) is 4.98 Å². The van der Waals surface area contributed by atoms with Gasteiger partial charge in [-0.25, -0.2) is 0 Å². The van der Waals surface area contributed by atoms with Crippen LogP contribution in [-0.2, 0) is 12.4 Å². The zero-order valence-electron chi connectivity index (χ0n) is 12.3. The van der Waals surface area contributed by atoms with Gasteiger partial charge in [-0.1, -0.05) is 12.1 Å². The number of nitrogens with one attached hydrogen (secondary N) is 1. The van der Waals surface area contributed by atoms with E-state index in [1.807, 2.05) is 0 Å². The normalized spacial score (nSPS) is 12.6. The molecule has 1 aromatic heterocycles. The Bertz CT molecular complexity index is 935. The van der Waals surface area contributed by atoms with Gasteiger partial charge in [-0.15, -0.1) is 0 Å². The summed E-state index contributed by atoms with van der Waals surface area (Å²) in [6.07, 6.45) is -8.69. The first-order valence-electron chi connectivity index (χ1n) is 6.97. The van der Waals surface area contributed by atoms with E-state index in [1.165, 1.54) is 6.07 Å². The zero-order chi connectivity index (χ0) is 18.4. The van der Waals surface area contributed by atoms with Gasteiger partial charge in [0.1, 0.15) is 0 Å². The van der Waals surface area contributed by atoms with Crippen LogP contribution in [0.1, 0.15) is 21.5 Å². The first-order chi connectivity index (χ1) is 11.6. The number of aldehydes is 1. The molecule has 8 heteroatoms. The lowest BCUT2D eigenvalue weighted by Gasteiger charge is -2.07. The van der Waals surface area contributed by atoms with Crippen LogP contribution in [0.2, 0.25) is 0 Å². The number of fused-ring (bicyclic) bond motifs is 1. The molecule has 3 rings (SSSR count). The van der Waals surface area contributed by atoms with E-state index in [2.05, 4.69) is 4.98 Å². The Morgan fingerprint density at radius 1 is 0.800 bits per heavy atom. The molecule has 0 spiro atoms. The van der Waals surface area contributed by atoms with E-state index < -0.39 is 23.5 Å². The molecule has 2 nitrogen and oxygen atoms in total. The number of alkyl halides is 6. The summed E-state index contributed by atoms with van der Waals surface area (Å²) in [7, 11) is 0. The second-order valence-corrected chi connectivity index (χ2v) is 5.36. The molecule has 0 saturated heterocycles. The third-order valence-corrected chi connectivity index (χ3v) is 3.78. The van der Waals surface area contributed by atoms with E-state index in [1.54, 1.807) is 0 Å². The van der Waals surface area contributed by atoms with Gasteiger partial charge in [-0.05, 0) is 35.9 Å². The van der Waals surface area contributed by atoms with Crippen molar-refractivity contribution >= 4 is 17.2 Å². The number of hydrogen-bond donors (Lipinski definition) is 1. The maximum atomic E-state index is 12.8. The van der Waals surface area contributed by atoms with Crippen LogP contribution in [0, 0.1) is 0 Å². The summed E-state index contributed by atoms with van der Waals surface area (Å²) >= 11 is 0. The number of hydrogen-bond acceptors (Lipinski definition) is 1. The number of aromatic amines is 1. The average molecular weight is 357 g/mol. The second kappa shape index (κ2) is 5.65. The van der Waals surface area contributed by atoms with Gasteiger partial charge in [0.15, 0.2) is 6.29 Å². The molecular formula is C17H9F6NO. The van der Waals surface area contributed by atoms with Gasteiger partial charge < -0.3 is 4.98 Å². The third kappa shape index (κ3) is 3.11. The monoisotopic (exact) mass is 357 g/mol. The fourth-order valence-electron chi connectivity index (χ4n) is 2.57. The third-order valence-electron chi connectivity index (χ3n) is 3.78. The van der Waals surface area contributed by atoms with Crippen LogP contribution in [0.15, 0.2) is 42.5 Å².